The fourth-order valence-corrected chi connectivity index (χ4v) is 9.65. The second kappa shape index (κ2) is 26.8. The average molecular weight is 1050 g/mol. The minimum atomic E-state index is -1.42. The number of nitrogens with two attached hydrogens (primary N) is 2. The third-order valence-corrected chi connectivity index (χ3v) is 13.7. The van der Waals surface area contributed by atoms with E-state index in [1.165, 1.54) is 4.90 Å². The molecule has 2 saturated heterocycles. The summed E-state index contributed by atoms with van der Waals surface area (Å²) in [6.07, 6.45) is 0.652. The largest absolute Gasteiger partial charge is 0.489 e. The molecule has 0 bridgehead atoms. The highest BCUT2D eigenvalue weighted by molar-refractivity contribution is 5.99. The van der Waals surface area contributed by atoms with Crippen LogP contribution in [0.1, 0.15) is 59.5 Å². The Morgan fingerprint density at radius 2 is 1.17 bits per heavy atom. The van der Waals surface area contributed by atoms with Crippen molar-refractivity contribution in [2.45, 2.75) is 93.9 Å². The van der Waals surface area contributed by atoms with Crippen molar-refractivity contribution in [2.24, 2.45) is 11.5 Å². The lowest BCUT2D eigenvalue weighted by Gasteiger charge is -2.32. The molecule has 6 aromatic rings. The summed E-state index contributed by atoms with van der Waals surface area (Å²) in [6.45, 7) is 0.617. The van der Waals surface area contributed by atoms with Gasteiger partial charge in [-0.05, 0) is 71.8 Å². The Balaban J connectivity index is 1.19. The number of fused-ring (bicyclic) bond motifs is 2. The van der Waals surface area contributed by atoms with Crippen molar-refractivity contribution in [3.05, 3.63) is 174 Å². The molecule has 19 heteroatoms. The van der Waals surface area contributed by atoms with E-state index in [9.17, 15) is 24.0 Å². The first-order valence-corrected chi connectivity index (χ1v) is 26.0. The topological polar surface area (TPSA) is 281 Å². The maximum Gasteiger partial charge on any atom is 0.407 e. The Kier molecular flexibility index (Phi) is 19.0. The minimum absolute atomic E-state index is 0.0385. The molecule has 1 aromatic heterocycles. The normalized spacial score (nSPS) is 21.6. The number of carbonyl (C=O) groups is 7. The number of amides is 7. The molecule has 19 nitrogen and oxygen atoms in total. The summed E-state index contributed by atoms with van der Waals surface area (Å²) in [5.41, 5.74) is 15.7. The number of unbranched alkanes of at least 4 members (excludes halogenated alkanes) is 1. The summed E-state index contributed by atoms with van der Waals surface area (Å²) >= 11 is 0. The van der Waals surface area contributed by atoms with E-state index in [1.54, 1.807) is 85.1 Å². The SMILES string of the molecule is NCCCC[C@@H]1NC(=O)[C@H](Cc2c[nH]c3ccccc23)NC(=O)[C@H](c2ccccc2)NC(=O)[C@@H]2CC(OC(=O)NCCN)CN2C(=O)[C@H](Cc2ccccc2)NC(=O)[C@H](Cc2ccc(OCc3ccccc3)cc2)NC1=O. The molecular formula is C58H66N10O9. The fraction of sp³-hybridized carbons (Fsp3) is 0.328. The molecule has 0 aliphatic carbocycles. The van der Waals surface area contributed by atoms with Crippen molar-refractivity contribution < 1.29 is 43.0 Å². The third kappa shape index (κ3) is 14.9. The highest BCUT2D eigenvalue weighted by atomic mass is 16.6. The molecule has 3 heterocycles. The zero-order valence-corrected chi connectivity index (χ0v) is 42.7. The Hall–Kier alpha value is -8.55. The number of aromatic nitrogens is 1. The number of benzene rings is 5. The van der Waals surface area contributed by atoms with Crippen LogP contribution in [0.15, 0.2) is 146 Å². The number of hydrogen-bond acceptors (Lipinski definition) is 11. The van der Waals surface area contributed by atoms with Crippen molar-refractivity contribution >= 4 is 52.4 Å². The standard InChI is InChI=1S/C58H66N10O9/c59-27-13-12-22-46-52(69)64-47(30-38-23-25-42(26-24-38)76-36-39-16-6-2-7-17-39)53(70)66-49(31-37-14-4-1-5-15-37)57(74)68-35-43(77-58(75)61-29-28-60)33-50(68)55(72)67-51(40-18-8-3-9-19-40)56(73)65-48(54(71)63-46)32-41-34-62-45-21-11-10-20-44(41)45/h1-11,14-21,23-26,34,43,46-51,62H,12-13,22,27-33,35-36,59-60H2,(H,61,75)(H,63,71)(H,64,69)(H,65,73)(H,66,70)(H,67,72)/t43?,46-,47-,48-,49-,50-,51-/m0/s1. The monoisotopic (exact) mass is 1050 g/mol. The first-order valence-electron chi connectivity index (χ1n) is 26.0. The first-order chi connectivity index (χ1) is 37.5. The molecule has 7 amide bonds. The number of H-pyrrole nitrogens is 1. The predicted molar refractivity (Wildman–Crippen MR) is 288 cm³/mol. The van der Waals surface area contributed by atoms with Crippen LogP contribution in [0.2, 0.25) is 0 Å². The van der Waals surface area contributed by atoms with Gasteiger partial charge in [-0.15, -0.1) is 0 Å². The van der Waals surface area contributed by atoms with E-state index < -0.39 is 83.9 Å². The van der Waals surface area contributed by atoms with Crippen molar-refractivity contribution in [1.29, 1.82) is 0 Å². The molecule has 8 rings (SSSR count). The lowest BCUT2D eigenvalue weighted by atomic mass is 9.99. The number of aromatic amines is 1. The van der Waals surface area contributed by atoms with E-state index in [0.717, 1.165) is 16.5 Å². The van der Waals surface area contributed by atoms with Gasteiger partial charge in [0, 0.05) is 55.9 Å². The van der Waals surface area contributed by atoms with Crippen LogP contribution in [0.5, 0.6) is 5.75 Å². The van der Waals surface area contributed by atoms with Gasteiger partial charge in [-0.2, -0.15) is 0 Å². The Morgan fingerprint density at radius 3 is 1.87 bits per heavy atom. The lowest BCUT2D eigenvalue weighted by Crippen LogP contribution is -2.61. The van der Waals surface area contributed by atoms with Crippen LogP contribution >= 0.6 is 0 Å². The zero-order chi connectivity index (χ0) is 54.1. The number of hydrogen-bond donors (Lipinski definition) is 9. The smallest absolute Gasteiger partial charge is 0.407 e. The van der Waals surface area contributed by atoms with Gasteiger partial charge >= 0.3 is 6.09 Å². The van der Waals surface area contributed by atoms with Crippen LogP contribution in [0.25, 0.3) is 10.9 Å². The van der Waals surface area contributed by atoms with Gasteiger partial charge in [0.1, 0.15) is 54.7 Å². The summed E-state index contributed by atoms with van der Waals surface area (Å²) in [4.78, 5) is 107. The molecule has 0 radical (unpaired) electrons. The van der Waals surface area contributed by atoms with Crippen molar-refractivity contribution in [2.75, 3.05) is 26.2 Å². The van der Waals surface area contributed by atoms with Crippen LogP contribution in [0, 0.1) is 0 Å². The van der Waals surface area contributed by atoms with Gasteiger partial charge in [0.25, 0.3) is 0 Å². The van der Waals surface area contributed by atoms with Gasteiger partial charge in [-0.25, -0.2) is 4.79 Å². The molecule has 0 spiro atoms. The van der Waals surface area contributed by atoms with Gasteiger partial charge in [-0.3, -0.25) is 28.8 Å². The lowest BCUT2D eigenvalue weighted by molar-refractivity contribution is -0.143. The van der Waals surface area contributed by atoms with Crippen LogP contribution in [0.4, 0.5) is 4.79 Å². The summed E-state index contributed by atoms with van der Waals surface area (Å²) in [6, 6.07) is 33.6. The number of rotatable bonds is 17. The molecular weight excluding hydrogens is 981 g/mol. The molecule has 0 saturated carbocycles. The molecule has 11 N–H and O–H groups in total. The summed E-state index contributed by atoms with van der Waals surface area (Å²) in [5, 5.41) is 17.9. The molecule has 5 aromatic carbocycles. The van der Waals surface area contributed by atoms with E-state index in [-0.39, 0.29) is 51.7 Å². The van der Waals surface area contributed by atoms with Crippen LogP contribution in [-0.2, 0) is 59.4 Å². The van der Waals surface area contributed by atoms with Crippen LogP contribution < -0.4 is 48.1 Å². The Bertz CT molecular complexity index is 2960. The fourth-order valence-electron chi connectivity index (χ4n) is 9.65. The number of para-hydroxylation sites is 1. The number of carbonyl (C=O) groups excluding carboxylic acids is 7. The highest BCUT2D eigenvalue weighted by Crippen LogP contribution is 2.26. The number of ether oxygens (including phenoxy) is 2. The number of alkyl carbamates (subject to hydrolysis) is 1. The van der Waals surface area contributed by atoms with E-state index >= 15 is 9.59 Å². The number of nitrogens with one attached hydrogen (secondary N) is 7. The number of nitrogens with zero attached hydrogens (tertiary/aromatic N) is 1. The second-order valence-electron chi connectivity index (χ2n) is 19.2. The molecule has 77 heavy (non-hydrogen) atoms. The molecule has 7 atom stereocenters. The Labute approximate surface area is 446 Å². The van der Waals surface area contributed by atoms with Crippen molar-refractivity contribution in [3.8, 4) is 5.75 Å². The minimum Gasteiger partial charge on any atom is -0.489 e. The van der Waals surface area contributed by atoms with E-state index in [2.05, 4.69) is 36.9 Å². The van der Waals surface area contributed by atoms with Gasteiger partial charge in [0.05, 0.1) is 6.54 Å². The highest BCUT2D eigenvalue weighted by Gasteiger charge is 2.45. The van der Waals surface area contributed by atoms with E-state index in [1.807, 2.05) is 60.7 Å². The molecule has 2 aliphatic rings. The summed E-state index contributed by atoms with van der Waals surface area (Å²) in [7, 11) is 0. The van der Waals surface area contributed by atoms with Crippen LogP contribution in [-0.4, -0.2) is 114 Å². The molecule has 402 valence electrons. The maximum absolute atomic E-state index is 15.3. The molecule has 1 unspecified atom stereocenters. The van der Waals surface area contributed by atoms with Gasteiger partial charge in [-0.1, -0.05) is 121 Å². The van der Waals surface area contributed by atoms with Gasteiger partial charge in [0.15, 0.2) is 0 Å². The second-order valence-corrected chi connectivity index (χ2v) is 19.2. The maximum atomic E-state index is 15.3. The predicted octanol–water partition coefficient (Wildman–Crippen LogP) is 3.37. The van der Waals surface area contributed by atoms with E-state index in [4.69, 9.17) is 20.9 Å². The third-order valence-electron chi connectivity index (χ3n) is 13.7. The molecule has 2 fully saturated rings. The zero-order valence-electron chi connectivity index (χ0n) is 42.7. The average Bonchev–Trinajstić information content (AvgIpc) is 4.08. The van der Waals surface area contributed by atoms with Gasteiger partial charge < -0.3 is 62.7 Å². The summed E-state index contributed by atoms with van der Waals surface area (Å²) < 4.78 is 11.8. The quantitative estimate of drug-likeness (QED) is 0.0598. The van der Waals surface area contributed by atoms with Crippen molar-refractivity contribution in [1.82, 2.24) is 41.8 Å². The molecule has 2 aliphatic heterocycles. The summed E-state index contributed by atoms with van der Waals surface area (Å²) in [5.74, 6) is -3.76. The van der Waals surface area contributed by atoms with Crippen molar-refractivity contribution in [3.63, 3.8) is 0 Å². The van der Waals surface area contributed by atoms with Gasteiger partial charge in [0.2, 0.25) is 35.4 Å². The van der Waals surface area contributed by atoms with E-state index in [0.29, 0.717) is 54.0 Å². The first kappa shape index (κ1) is 54.7. The Morgan fingerprint density at radius 1 is 0.584 bits per heavy atom. The van der Waals surface area contributed by atoms with Crippen LogP contribution in [0.3, 0.4) is 0 Å².